The van der Waals surface area contributed by atoms with Gasteiger partial charge in [0, 0.05) is 24.2 Å². The van der Waals surface area contributed by atoms with Crippen LogP contribution in [0.1, 0.15) is 29.8 Å². The number of amides is 2. The molecule has 2 amide bonds. The van der Waals surface area contributed by atoms with Gasteiger partial charge in [-0.3, -0.25) is 14.6 Å². The summed E-state index contributed by atoms with van der Waals surface area (Å²) in [6.07, 6.45) is 4.87. The summed E-state index contributed by atoms with van der Waals surface area (Å²) in [6.45, 7) is 3.86. The number of carbonyl (C=O) groups is 2. The van der Waals surface area contributed by atoms with Crippen LogP contribution in [-0.2, 0) is 4.79 Å². The first-order valence-corrected chi connectivity index (χ1v) is 7.88. The van der Waals surface area contributed by atoms with E-state index in [9.17, 15) is 9.59 Å². The first kappa shape index (κ1) is 15.9. The molecule has 0 saturated heterocycles. The highest BCUT2D eigenvalue weighted by molar-refractivity contribution is 6.02. The summed E-state index contributed by atoms with van der Waals surface area (Å²) in [5.74, 6) is -0.391. The van der Waals surface area contributed by atoms with Crippen molar-refractivity contribution in [3.05, 3.63) is 72.2 Å². The van der Waals surface area contributed by atoms with E-state index in [2.05, 4.69) is 10.3 Å². The average molecular weight is 321 g/mol. The number of hydrogen-bond acceptors (Lipinski definition) is 3. The standard InChI is InChI=1S/C19H19N3O2/c1-13(2)17-18(23)21-16(14-6-4-3-5-7-14)12-22(17)19(24)15-8-10-20-11-9-15/h3-13,17H,1-2H3,(H,21,23)/t17-/m1/s1. The maximum atomic E-state index is 12.9. The number of rotatable bonds is 3. The van der Waals surface area contributed by atoms with Gasteiger partial charge in [0.25, 0.3) is 5.91 Å². The van der Waals surface area contributed by atoms with Crippen molar-refractivity contribution in [1.29, 1.82) is 0 Å². The van der Waals surface area contributed by atoms with Crippen LogP contribution in [0.2, 0.25) is 0 Å². The molecule has 1 aromatic heterocycles. The fraction of sp³-hybridized carbons (Fsp3) is 0.211. The number of nitrogens with one attached hydrogen (secondary N) is 1. The van der Waals surface area contributed by atoms with Crippen LogP contribution in [0.4, 0.5) is 0 Å². The topological polar surface area (TPSA) is 62.3 Å². The van der Waals surface area contributed by atoms with Crippen LogP contribution in [-0.4, -0.2) is 27.7 Å². The zero-order valence-electron chi connectivity index (χ0n) is 13.6. The molecule has 0 saturated carbocycles. The monoisotopic (exact) mass is 321 g/mol. The molecule has 24 heavy (non-hydrogen) atoms. The summed E-state index contributed by atoms with van der Waals surface area (Å²) < 4.78 is 0. The predicted octanol–water partition coefficient (Wildman–Crippen LogP) is 2.68. The molecule has 5 nitrogen and oxygen atoms in total. The minimum Gasteiger partial charge on any atom is -0.322 e. The Balaban J connectivity index is 2.03. The lowest BCUT2D eigenvalue weighted by molar-refractivity contribution is -0.125. The third kappa shape index (κ3) is 3.06. The Morgan fingerprint density at radius 1 is 1.12 bits per heavy atom. The van der Waals surface area contributed by atoms with E-state index in [1.807, 2.05) is 44.2 Å². The summed E-state index contributed by atoms with van der Waals surface area (Å²) >= 11 is 0. The largest absolute Gasteiger partial charge is 0.322 e. The van der Waals surface area contributed by atoms with E-state index < -0.39 is 6.04 Å². The summed E-state index contributed by atoms with van der Waals surface area (Å²) in [5.41, 5.74) is 1.99. The number of pyridine rings is 1. The van der Waals surface area contributed by atoms with Gasteiger partial charge >= 0.3 is 0 Å². The van der Waals surface area contributed by atoms with Crippen molar-refractivity contribution in [3.63, 3.8) is 0 Å². The second-order valence-electron chi connectivity index (χ2n) is 6.04. The molecule has 0 spiro atoms. The average Bonchev–Trinajstić information content (AvgIpc) is 2.61. The second kappa shape index (κ2) is 6.66. The highest BCUT2D eigenvalue weighted by Gasteiger charge is 2.36. The first-order chi connectivity index (χ1) is 11.6. The molecule has 1 aliphatic rings. The number of carbonyl (C=O) groups excluding carboxylic acids is 2. The summed E-state index contributed by atoms with van der Waals surface area (Å²) in [7, 11) is 0. The van der Waals surface area contributed by atoms with Crippen LogP contribution in [0.15, 0.2) is 61.1 Å². The van der Waals surface area contributed by atoms with Crippen LogP contribution in [0, 0.1) is 5.92 Å². The molecular weight excluding hydrogens is 302 g/mol. The summed E-state index contributed by atoms with van der Waals surface area (Å²) in [4.78, 5) is 31.0. The van der Waals surface area contributed by atoms with E-state index >= 15 is 0 Å². The van der Waals surface area contributed by atoms with Gasteiger partial charge in [0.2, 0.25) is 5.91 Å². The van der Waals surface area contributed by atoms with Crippen molar-refractivity contribution in [2.45, 2.75) is 19.9 Å². The van der Waals surface area contributed by atoms with Gasteiger partial charge in [-0.1, -0.05) is 44.2 Å². The Morgan fingerprint density at radius 3 is 2.42 bits per heavy atom. The highest BCUT2D eigenvalue weighted by Crippen LogP contribution is 2.24. The molecule has 0 aliphatic carbocycles. The molecule has 1 N–H and O–H groups in total. The van der Waals surface area contributed by atoms with Gasteiger partial charge < -0.3 is 10.2 Å². The molecule has 122 valence electrons. The van der Waals surface area contributed by atoms with Gasteiger partial charge in [-0.05, 0) is 23.6 Å². The molecule has 2 heterocycles. The van der Waals surface area contributed by atoms with E-state index in [1.165, 1.54) is 4.90 Å². The second-order valence-corrected chi connectivity index (χ2v) is 6.04. The molecule has 1 aromatic carbocycles. The van der Waals surface area contributed by atoms with E-state index in [0.717, 1.165) is 5.56 Å². The lowest BCUT2D eigenvalue weighted by Crippen LogP contribution is -2.53. The number of benzene rings is 1. The number of nitrogens with zero attached hydrogens (tertiary/aromatic N) is 2. The predicted molar refractivity (Wildman–Crippen MR) is 91.6 cm³/mol. The maximum Gasteiger partial charge on any atom is 0.258 e. The van der Waals surface area contributed by atoms with Crippen molar-refractivity contribution in [2.75, 3.05) is 0 Å². The third-order valence-electron chi connectivity index (χ3n) is 3.97. The Hall–Kier alpha value is -2.95. The van der Waals surface area contributed by atoms with Crippen molar-refractivity contribution >= 4 is 17.5 Å². The molecule has 1 aliphatic heterocycles. The highest BCUT2D eigenvalue weighted by atomic mass is 16.2. The van der Waals surface area contributed by atoms with E-state index in [4.69, 9.17) is 0 Å². The summed E-state index contributed by atoms with van der Waals surface area (Å²) in [5, 5.41) is 2.92. The molecule has 5 heteroatoms. The van der Waals surface area contributed by atoms with Crippen LogP contribution in [0.5, 0.6) is 0 Å². The quantitative estimate of drug-likeness (QED) is 0.945. The molecule has 0 radical (unpaired) electrons. The fourth-order valence-electron chi connectivity index (χ4n) is 2.80. The molecule has 3 rings (SSSR count). The van der Waals surface area contributed by atoms with Crippen LogP contribution in [0.3, 0.4) is 0 Å². The Bertz CT molecular complexity index is 770. The number of aromatic nitrogens is 1. The molecule has 0 bridgehead atoms. The smallest absolute Gasteiger partial charge is 0.258 e. The van der Waals surface area contributed by atoms with Gasteiger partial charge in [-0.25, -0.2) is 0 Å². The zero-order chi connectivity index (χ0) is 17.1. The lowest BCUT2D eigenvalue weighted by atomic mass is 9.98. The molecule has 2 aromatic rings. The van der Waals surface area contributed by atoms with Crippen molar-refractivity contribution in [3.8, 4) is 0 Å². The van der Waals surface area contributed by atoms with Crippen LogP contribution >= 0.6 is 0 Å². The molecular formula is C19H19N3O2. The van der Waals surface area contributed by atoms with Gasteiger partial charge in [-0.2, -0.15) is 0 Å². The summed E-state index contributed by atoms with van der Waals surface area (Å²) in [6, 6.07) is 12.3. The van der Waals surface area contributed by atoms with Crippen molar-refractivity contribution in [1.82, 2.24) is 15.2 Å². The normalized spacial score (nSPS) is 17.5. The van der Waals surface area contributed by atoms with Crippen LogP contribution in [0.25, 0.3) is 5.70 Å². The Labute approximate surface area is 141 Å². The van der Waals surface area contributed by atoms with Gasteiger partial charge in [0.05, 0.1) is 5.70 Å². The van der Waals surface area contributed by atoms with Gasteiger partial charge in [0.1, 0.15) is 6.04 Å². The minimum absolute atomic E-state index is 0.00985. The van der Waals surface area contributed by atoms with E-state index in [0.29, 0.717) is 11.3 Å². The Morgan fingerprint density at radius 2 is 1.79 bits per heavy atom. The van der Waals surface area contributed by atoms with Crippen molar-refractivity contribution < 1.29 is 9.59 Å². The molecule has 0 fully saturated rings. The van der Waals surface area contributed by atoms with Crippen molar-refractivity contribution in [2.24, 2.45) is 5.92 Å². The van der Waals surface area contributed by atoms with E-state index in [-0.39, 0.29) is 17.7 Å². The SMILES string of the molecule is CC(C)[C@@H]1C(=O)NC(c2ccccc2)=CN1C(=O)c1ccncc1. The maximum absolute atomic E-state index is 12.9. The van der Waals surface area contributed by atoms with E-state index in [1.54, 1.807) is 30.7 Å². The molecule has 0 unspecified atom stereocenters. The van der Waals surface area contributed by atoms with Gasteiger partial charge in [-0.15, -0.1) is 0 Å². The molecule has 1 atom stereocenters. The fourth-order valence-corrected chi connectivity index (χ4v) is 2.80. The number of hydrogen-bond donors (Lipinski definition) is 1. The van der Waals surface area contributed by atoms with Gasteiger partial charge in [0.15, 0.2) is 0 Å². The van der Waals surface area contributed by atoms with Crippen LogP contribution < -0.4 is 5.32 Å². The first-order valence-electron chi connectivity index (χ1n) is 7.88. The Kier molecular flexibility index (Phi) is 4.42. The lowest BCUT2D eigenvalue weighted by Gasteiger charge is -2.35. The zero-order valence-corrected chi connectivity index (χ0v) is 13.6. The third-order valence-corrected chi connectivity index (χ3v) is 3.97. The minimum atomic E-state index is -0.543.